The van der Waals surface area contributed by atoms with Crippen molar-refractivity contribution in [1.82, 2.24) is 5.32 Å². The van der Waals surface area contributed by atoms with Crippen LogP contribution in [-0.4, -0.2) is 39.5 Å². The second kappa shape index (κ2) is 7.55. The number of benzene rings is 1. The molecule has 1 atom stereocenters. The number of carboxylic acid groups (broad SMARTS) is 1. The minimum Gasteiger partial charge on any atom is -0.480 e. The first-order chi connectivity index (χ1) is 10.2. The molecule has 1 aromatic rings. The molecule has 0 spiro atoms. The number of Topliss-reactive ketones (excluding diaryl/α,β-unsaturated/α-hetero) is 1. The van der Waals surface area contributed by atoms with E-state index in [1.165, 1.54) is 26.0 Å². The van der Waals surface area contributed by atoms with Crippen molar-refractivity contribution in [2.75, 3.05) is 5.75 Å². The quantitative estimate of drug-likeness (QED) is 0.336. The summed E-state index contributed by atoms with van der Waals surface area (Å²) in [5.41, 5.74) is -0.0719. The highest BCUT2D eigenvalue weighted by molar-refractivity contribution is 7.99. The Morgan fingerprint density at radius 3 is 2.45 bits per heavy atom. The molecule has 0 aliphatic rings. The van der Waals surface area contributed by atoms with Gasteiger partial charge in [-0.05, 0) is 19.1 Å². The molecule has 0 aromatic heterocycles. The maximum atomic E-state index is 11.3. The third kappa shape index (κ3) is 4.85. The van der Waals surface area contributed by atoms with Crippen LogP contribution in [0, 0.1) is 10.1 Å². The van der Waals surface area contributed by atoms with E-state index in [-0.39, 0.29) is 27.7 Å². The Morgan fingerprint density at radius 2 is 2.00 bits per heavy atom. The lowest BCUT2D eigenvalue weighted by Gasteiger charge is -2.12. The highest BCUT2D eigenvalue weighted by Gasteiger charge is 2.22. The molecule has 1 unspecified atom stereocenters. The minimum atomic E-state index is -1.23. The standard InChI is InChI=1S/C13H14N2O6S/c1-7(16)9-3-4-12(11(5-9)15(20)21)22-6-10(13(18)19)14-8(2)17/h3-5,10H,6H2,1-2H3,(H,14,17)(H,18,19). The zero-order valence-corrected chi connectivity index (χ0v) is 12.7. The number of amides is 1. The number of rotatable bonds is 7. The molecule has 118 valence electrons. The number of hydrogen-bond donors (Lipinski definition) is 2. The molecule has 0 radical (unpaired) electrons. The zero-order valence-electron chi connectivity index (χ0n) is 11.9. The Bertz CT molecular complexity index is 631. The summed E-state index contributed by atoms with van der Waals surface area (Å²) < 4.78 is 0. The molecule has 9 heteroatoms. The van der Waals surface area contributed by atoms with Crippen LogP contribution in [-0.2, 0) is 9.59 Å². The van der Waals surface area contributed by atoms with E-state index in [0.29, 0.717) is 0 Å². The summed E-state index contributed by atoms with van der Waals surface area (Å²) in [6.45, 7) is 2.48. The van der Waals surface area contributed by atoms with Gasteiger partial charge in [0.15, 0.2) is 5.78 Å². The summed E-state index contributed by atoms with van der Waals surface area (Å²) in [7, 11) is 0. The summed E-state index contributed by atoms with van der Waals surface area (Å²) in [5.74, 6) is -2.11. The number of nitrogens with one attached hydrogen (secondary N) is 1. The molecule has 0 saturated heterocycles. The lowest BCUT2D eigenvalue weighted by atomic mass is 10.1. The molecule has 0 fully saturated rings. The van der Waals surface area contributed by atoms with Crippen molar-refractivity contribution in [3.63, 3.8) is 0 Å². The lowest BCUT2D eigenvalue weighted by molar-refractivity contribution is -0.387. The average molecular weight is 326 g/mol. The fraction of sp³-hybridized carbons (Fsp3) is 0.308. The maximum absolute atomic E-state index is 11.3. The molecule has 8 nitrogen and oxygen atoms in total. The number of nitro benzene ring substituents is 1. The number of hydrogen-bond acceptors (Lipinski definition) is 6. The van der Waals surface area contributed by atoms with Crippen LogP contribution in [0.25, 0.3) is 0 Å². The van der Waals surface area contributed by atoms with Gasteiger partial charge in [-0.1, -0.05) is 0 Å². The van der Waals surface area contributed by atoms with Crippen molar-refractivity contribution in [3.05, 3.63) is 33.9 Å². The van der Waals surface area contributed by atoms with Crippen molar-refractivity contribution >= 4 is 35.1 Å². The molecule has 0 aliphatic carbocycles. The highest BCUT2D eigenvalue weighted by atomic mass is 32.2. The molecule has 0 heterocycles. The van der Waals surface area contributed by atoms with Crippen molar-refractivity contribution in [2.24, 2.45) is 0 Å². The van der Waals surface area contributed by atoms with Gasteiger partial charge in [0.25, 0.3) is 5.69 Å². The van der Waals surface area contributed by atoms with Gasteiger partial charge in [0.05, 0.1) is 9.82 Å². The number of carboxylic acids is 1. The molecular weight excluding hydrogens is 312 g/mol. The Morgan fingerprint density at radius 1 is 1.36 bits per heavy atom. The summed E-state index contributed by atoms with van der Waals surface area (Å²) in [6.07, 6.45) is 0. The first-order valence-electron chi connectivity index (χ1n) is 6.14. The predicted molar refractivity (Wildman–Crippen MR) is 79.1 cm³/mol. The summed E-state index contributed by atoms with van der Waals surface area (Å²) in [6, 6.07) is 2.83. The van der Waals surface area contributed by atoms with Crippen molar-refractivity contribution < 1.29 is 24.4 Å². The molecule has 2 N–H and O–H groups in total. The predicted octanol–water partition coefficient (Wildman–Crippen LogP) is 1.48. The summed E-state index contributed by atoms with van der Waals surface area (Å²) in [4.78, 5) is 43.8. The maximum Gasteiger partial charge on any atom is 0.327 e. The fourth-order valence-electron chi connectivity index (χ4n) is 1.59. The Labute approximate surface area is 130 Å². The van der Waals surface area contributed by atoms with Gasteiger partial charge in [-0.15, -0.1) is 11.8 Å². The van der Waals surface area contributed by atoms with E-state index in [1.54, 1.807) is 0 Å². The van der Waals surface area contributed by atoms with Crippen molar-refractivity contribution in [1.29, 1.82) is 0 Å². The third-order valence-corrected chi connectivity index (χ3v) is 3.80. The molecule has 22 heavy (non-hydrogen) atoms. The monoisotopic (exact) mass is 326 g/mol. The molecular formula is C13H14N2O6S. The molecule has 1 rings (SSSR count). The van der Waals surface area contributed by atoms with Gasteiger partial charge in [0.1, 0.15) is 6.04 Å². The number of nitro groups is 1. The highest BCUT2D eigenvalue weighted by Crippen LogP contribution is 2.30. The van der Waals surface area contributed by atoms with E-state index in [9.17, 15) is 24.5 Å². The van der Waals surface area contributed by atoms with Gasteiger partial charge in [0.2, 0.25) is 5.91 Å². The van der Waals surface area contributed by atoms with Crippen LogP contribution in [0.15, 0.2) is 23.1 Å². The van der Waals surface area contributed by atoms with Crippen LogP contribution in [0.4, 0.5) is 5.69 Å². The van der Waals surface area contributed by atoms with Crippen LogP contribution in [0.3, 0.4) is 0 Å². The van der Waals surface area contributed by atoms with Gasteiger partial charge in [-0.25, -0.2) is 4.79 Å². The number of carbonyl (C=O) groups is 3. The lowest BCUT2D eigenvalue weighted by Crippen LogP contribution is -2.41. The first kappa shape index (κ1) is 17.6. The van der Waals surface area contributed by atoms with Gasteiger partial charge < -0.3 is 10.4 Å². The number of carbonyl (C=O) groups excluding carboxylic acids is 2. The summed E-state index contributed by atoms with van der Waals surface area (Å²) >= 11 is 0.926. The van der Waals surface area contributed by atoms with Crippen LogP contribution < -0.4 is 5.32 Å². The smallest absolute Gasteiger partial charge is 0.327 e. The fourth-order valence-corrected chi connectivity index (χ4v) is 2.61. The van der Waals surface area contributed by atoms with Crippen molar-refractivity contribution in [3.8, 4) is 0 Å². The molecule has 1 amide bonds. The Hall–Kier alpha value is -2.42. The van der Waals surface area contributed by atoms with E-state index in [4.69, 9.17) is 5.11 Å². The molecule has 0 aliphatic heterocycles. The van der Waals surface area contributed by atoms with Gasteiger partial charge in [-0.2, -0.15) is 0 Å². The number of aliphatic carboxylic acids is 1. The van der Waals surface area contributed by atoms with E-state index in [0.717, 1.165) is 17.8 Å². The van der Waals surface area contributed by atoms with Gasteiger partial charge in [0, 0.05) is 24.3 Å². The zero-order chi connectivity index (χ0) is 16.9. The average Bonchev–Trinajstić information content (AvgIpc) is 2.42. The van der Waals surface area contributed by atoms with Gasteiger partial charge in [-0.3, -0.25) is 19.7 Å². The minimum absolute atomic E-state index is 0.0742. The number of ketones is 1. The Balaban J connectivity index is 2.97. The largest absolute Gasteiger partial charge is 0.480 e. The summed E-state index contributed by atoms with van der Waals surface area (Å²) in [5, 5.41) is 22.3. The first-order valence-corrected chi connectivity index (χ1v) is 7.13. The Kier molecular flexibility index (Phi) is 6.05. The van der Waals surface area contributed by atoms with Crippen LogP contribution in [0.1, 0.15) is 24.2 Å². The number of nitrogens with zero attached hydrogens (tertiary/aromatic N) is 1. The van der Waals surface area contributed by atoms with Crippen LogP contribution in [0.2, 0.25) is 0 Å². The van der Waals surface area contributed by atoms with Crippen LogP contribution >= 0.6 is 11.8 Å². The SMILES string of the molecule is CC(=O)NC(CSc1ccc(C(C)=O)cc1[N+](=O)[O-])C(=O)O. The van der Waals surface area contributed by atoms with Crippen LogP contribution in [0.5, 0.6) is 0 Å². The van der Waals surface area contributed by atoms with E-state index >= 15 is 0 Å². The molecule has 0 saturated carbocycles. The normalized spacial score (nSPS) is 11.5. The van der Waals surface area contributed by atoms with E-state index in [1.807, 2.05) is 0 Å². The van der Waals surface area contributed by atoms with Crippen molar-refractivity contribution in [2.45, 2.75) is 24.8 Å². The molecule has 1 aromatic carbocycles. The third-order valence-electron chi connectivity index (χ3n) is 2.64. The van der Waals surface area contributed by atoms with E-state index in [2.05, 4.69) is 5.32 Å². The number of thioether (sulfide) groups is 1. The van der Waals surface area contributed by atoms with Gasteiger partial charge >= 0.3 is 5.97 Å². The second-order valence-corrected chi connectivity index (χ2v) is 5.46. The molecule has 0 bridgehead atoms. The topological polar surface area (TPSA) is 127 Å². The van der Waals surface area contributed by atoms with E-state index < -0.39 is 22.8 Å². The second-order valence-electron chi connectivity index (χ2n) is 4.40.